The first kappa shape index (κ1) is 27.5. The molecule has 5 N–H and O–H groups in total. The number of nitrogens with one attached hydrogen (secondary N) is 2. The molecule has 15 nitrogen and oxygen atoms in total. The van der Waals surface area contributed by atoms with E-state index in [0.29, 0.717) is 16.8 Å². The summed E-state index contributed by atoms with van der Waals surface area (Å²) in [6.07, 6.45) is 3.38. The standard InChI is InChI=1S/C27H21N7O8S/c28-26-30-16(12-41-26)19(32-42-27(39)29-15-5-2-1-3-6-15)22(35)31-20-23(36)34-21(25(37)38)14(13-43-24(20)34)11-33-9-4-7-18-17(33)8-10-40-18/h1-10,12,20,24H,11,13H2,(H4-,28,29,30,31,35,37,38,39)/p+1/b32-19-/t20?,24-/m1/s1. The van der Waals surface area contributed by atoms with Crippen LogP contribution < -0.4 is 20.9 Å². The summed E-state index contributed by atoms with van der Waals surface area (Å²) in [5, 5.41) is 18.0. The molecule has 0 radical (unpaired) electrons. The average molecular weight is 605 g/mol. The Kier molecular flexibility index (Phi) is 7.25. The molecule has 0 aliphatic carbocycles. The molecule has 3 aromatic heterocycles. The van der Waals surface area contributed by atoms with Crippen molar-refractivity contribution in [3.8, 4) is 0 Å². The molecular formula is C27H22N7O8S+. The molecule has 1 fully saturated rings. The summed E-state index contributed by atoms with van der Waals surface area (Å²) < 4.78 is 12.2. The van der Waals surface area contributed by atoms with Crippen LogP contribution in [0.15, 0.2) is 92.5 Å². The Bertz CT molecular complexity index is 1820. The molecule has 1 aromatic carbocycles. The number of carbonyl (C=O) groups excluding carboxylic acids is 3. The minimum atomic E-state index is -1.27. The van der Waals surface area contributed by atoms with E-state index in [-0.39, 0.29) is 29.7 Å². The number of furan rings is 1. The normalized spacial score (nSPS) is 18.2. The molecule has 4 aromatic rings. The topological polar surface area (TPSA) is 206 Å². The van der Waals surface area contributed by atoms with E-state index < -0.39 is 41.0 Å². The van der Waals surface area contributed by atoms with Crippen molar-refractivity contribution < 1.29 is 42.5 Å². The average Bonchev–Trinajstić information content (AvgIpc) is 3.66. The largest absolute Gasteiger partial charge is 0.477 e. The highest BCUT2D eigenvalue weighted by Crippen LogP contribution is 2.40. The van der Waals surface area contributed by atoms with Crippen molar-refractivity contribution in [3.63, 3.8) is 0 Å². The van der Waals surface area contributed by atoms with Crippen LogP contribution in [0.5, 0.6) is 0 Å². The predicted octanol–water partition coefficient (Wildman–Crippen LogP) is 1.68. The number of benzene rings is 1. The number of hydrogen-bond donors (Lipinski definition) is 4. The summed E-state index contributed by atoms with van der Waals surface area (Å²) in [6.45, 7) is 0.214. The second-order valence-electron chi connectivity index (χ2n) is 9.31. The molecule has 5 heterocycles. The number of nitrogens with zero attached hydrogens (tertiary/aromatic N) is 4. The number of carboxylic acid groups (broad SMARTS) is 1. The highest BCUT2D eigenvalue weighted by Gasteiger charge is 2.55. The highest BCUT2D eigenvalue weighted by molar-refractivity contribution is 8.00. The first-order chi connectivity index (χ1) is 20.8. The maximum Gasteiger partial charge on any atom is 0.437 e. The number of anilines is 2. The zero-order chi connectivity index (χ0) is 30.1. The molecule has 0 saturated carbocycles. The molecule has 16 heteroatoms. The van der Waals surface area contributed by atoms with Crippen LogP contribution in [-0.4, -0.2) is 61.7 Å². The van der Waals surface area contributed by atoms with Crippen molar-refractivity contribution in [2.75, 3.05) is 16.8 Å². The van der Waals surface area contributed by atoms with Crippen LogP contribution in [0.4, 0.5) is 16.5 Å². The molecule has 43 heavy (non-hydrogen) atoms. The van der Waals surface area contributed by atoms with E-state index in [1.54, 1.807) is 54.7 Å². The van der Waals surface area contributed by atoms with Gasteiger partial charge in [0.25, 0.3) is 23.3 Å². The first-order valence-electron chi connectivity index (χ1n) is 12.7. The van der Waals surface area contributed by atoms with Gasteiger partial charge in [-0.25, -0.2) is 9.59 Å². The minimum absolute atomic E-state index is 0.147. The smallest absolute Gasteiger partial charge is 0.437 e. The van der Waals surface area contributed by atoms with Crippen molar-refractivity contribution in [2.45, 2.75) is 18.0 Å². The third-order valence-corrected chi connectivity index (χ3v) is 7.95. The number of nitrogens with two attached hydrogens (primary N) is 1. The number of para-hydroxylation sites is 1. The lowest BCUT2D eigenvalue weighted by Gasteiger charge is -2.49. The summed E-state index contributed by atoms with van der Waals surface area (Å²) in [7, 11) is 0. The van der Waals surface area contributed by atoms with Crippen LogP contribution in [-0.2, 0) is 25.8 Å². The van der Waals surface area contributed by atoms with Crippen molar-refractivity contribution in [2.24, 2.45) is 5.16 Å². The number of fused-ring (bicyclic) bond motifs is 2. The monoisotopic (exact) mass is 604 g/mol. The van der Waals surface area contributed by atoms with E-state index in [2.05, 4.69) is 20.8 Å². The zero-order valence-corrected chi connectivity index (χ0v) is 22.8. The minimum Gasteiger partial charge on any atom is -0.477 e. The zero-order valence-electron chi connectivity index (χ0n) is 22.0. The van der Waals surface area contributed by atoms with Crippen LogP contribution in [0.1, 0.15) is 5.69 Å². The number of aliphatic carboxylic acids is 1. The SMILES string of the molecule is Nc1nc(/C(=N/OC(=O)Nc2ccccc2)C(=O)NC2C(=O)N3C(C(=O)O)=C(C[n+]4cccc5occc54)CS[C@H]23)co1. The lowest BCUT2D eigenvalue weighted by molar-refractivity contribution is -0.663. The molecule has 2 aliphatic heterocycles. The molecule has 2 atom stereocenters. The van der Waals surface area contributed by atoms with Crippen LogP contribution in [0, 0.1) is 0 Å². The van der Waals surface area contributed by atoms with Gasteiger partial charge in [0, 0.05) is 29.1 Å². The van der Waals surface area contributed by atoms with Crippen LogP contribution in [0.3, 0.4) is 0 Å². The van der Waals surface area contributed by atoms with Crippen molar-refractivity contribution in [1.29, 1.82) is 0 Å². The highest BCUT2D eigenvalue weighted by atomic mass is 32.2. The summed E-state index contributed by atoms with van der Waals surface area (Å²) in [4.78, 5) is 61.0. The summed E-state index contributed by atoms with van der Waals surface area (Å²) in [6, 6.07) is 12.4. The van der Waals surface area contributed by atoms with E-state index in [9.17, 15) is 24.3 Å². The van der Waals surface area contributed by atoms with Crippen LogP contribution >= 0.6 is 11.8 Å². The van der Waals surface area contributed by atoms with Crippen molar-refractivity contribution >= 4 is 64.2 Å². The van der Waals surface area contributed by atoms with Crippen LogP contribution in [0.2, 0.25) is 0 Å². The fourth-order valence-electron chi connectivity index (χ4n) is 4.70. The molecular weight excluding hydrogens is 582 g/mol. The number of nitrogen functional groups attached to an aromatic ring is 1. The quantitative estimate of drug-likeness (QED) is 0.0748. The Morgan fingerprint density at radius 1 is 1.19 bits per heavy atom. The van der Waals surface area contributed by atoms with Gasteiger partial charge in [-0.1, -0.05) is 23.4 Å². The van der Waals surface area contributed by atoms with E-state index >= 15 is 0 Å². The van der Waals surface area contributed by atoms with Gasteiger partial charge in [0.05, 0.1) is 6.26 Å². The molecule has 218 valence electrons. The second kappa shape index (κ2) is 11.3. The van der Waals surface area contributed by atoms with Gasteiger partial charge in [0.1, 0.15) is 29.1 Å². The van der Waals surface area contributed by atoms with E-state index in [1.807, 2.05) is 4.57 Å². The fraction of sp³-hybridized carbons (Fsp3) is 0.148. The lowest BCUT2D eigenvalue weighted by atomic mass is 10.0. The number of β-lactam (4-membered cyclic amide) rings is 1. The Hall–Kier alpha value is -5.64. The van der Waals surface area contributed by atoms with Gasteiger partial charge >= 0.3 is 12.1 Å². The number of oxime groups is 1. The molecule has 2 aliphatic rings. The summed E-state index contributed by atoms with van der Waals surface area (Å²) in [5.74, 6) is -2.54. The number of oxazole rings is 1. The van der Waals surface area contributed by atoms with Crippen molar-refractivity contribution in [3.05, 3.63) is 84.2 Å². The van der Waals surface area contributed by atoms with Gasteiger partial charge in [-0.05, 0) is 18.2 Å². The number of rotatable bonds is 8. The number of carbonyl (C=O) groups is 4. The van der Waals surface area contributed by atoms with Gasteiger partial charge in [-0.2, -0.15) is 9.55 Å². The van der Waals surface area contributed by atoms with Gasteiger partial charge in [0.2, 0.25) is 0 Å². The summed E-state index contributed by atoms with van der Waals surface area (Å²) in [5.41, 5.74) is 7.10. The van der Waals surface area contributed by atoms with E-state index in [0.717, 1.165) is 16.7 Å². The van der Waals surface area contributed by atoms with E-state index in [1.165, 1.54) is 18.0 Å². The first-order valence-corrected chi connectivity index (χ1v) is 13.7. The molecule has 1 saturated heterocycles. The molecule has 6 rings (SSSR count). The maximum absolute atomic E-state index is 13.3. The van der Waals surface area contributed by atoms with Crippen LogP contribution in [0.25, 0.3) is 11.1 Å². The summed E-state index contributed by atoms with van der Waals surface area (Å²) >= 11 is 1.30. The predicted molar refractivity (Wildman–Crippen MR) is 150 cm³/mol. The Labute approximate surface area is 246 Å². The lowest BCUT2D eigenvalue weighted by Crippen LogP contribution is -2.71. The number of pyridine rings is 1. The van der Waals surface area contributed by atoms with Gasteiger partial charge < -0.3 is 25.0 Å². The fourth-order valence-corrected chi connectivity index (χ4v) is 6.03. The van der Waals surface area contributed by atoms with E-state index in [4.69, 9.17) is 19.4 Å². The third kappa shape index (κ3) is 5.38. The number of amides is 3. The molecule has 1 unspecified atom stereocenters. The number of thioether (sulfide) groups is 1. The molecule has 0 bridgehead atoms. The second-order valence-corrected chi connectivity index (χ2v) is 10.4. The molecule has 0 spiro atoms. The maximum atomic E-state index is 13.3. The van der Waals surface area contributed by atoms with Gasteiger partial charge in [-0.3, -0.25) is 24.6 Å². The van der Waals surface area contributed by atoms with Gasteiger partial charge in [0.15, 0.2) is 24.0 Å². The molecule has 3 amide bonds. The van der Waals surface area contributed by atoms with Gasteiger partial charge in [-0.15, -0.1) is 11.8 Å². The Morgan fingerprint density at radius 3 is 2.74 bits per heavy atom. The van der Waals surface area contributed by atoms with Crippen molar-refractivity contribution in [1.82, 2.24) is 15.2 Å². The number of carboxylic acids is 1. The number of aromatic nitrogens is 2. The Morgan fingerprint density at radius 2 is 2.00 bits per heavy atom. The number of hydrogen-bond acceptors (Lipinski definition) is 11. The Balaban J connectivity index is 1.19. The third-order valence-electron chi connectivity index (χ3n) is 6.61.